The van der Waals surface area contributed by atoms with Crippen molar-refractivity contribution >= 4 is 5.91 Å². The van der Waals surface area contributed by atoms with Gasteiger partial charge in [0.2, 0.25) is 0 Å². The summed E-state index contributed by atoms with van der Waals surface area (Å²) in [4.78, 5) is 21.2. The van der Waals surface area contributed by atoms with Crippen molar-refractivity contribution in [3.8, 4) is 0 Å². The van der Waals surface area contributed by atoms with Crippen LogP contribution in [0.25, 0.3) is 0 Å². The lowest BCUT2D eigenvalue weighted by Crippen LogP contribution is -2.60. The summed E-state index contributed by atoms with van der Waals surface area (Å²) in [5, 5.41) is 4.24. The minimum Gasteiger partial charge on any atom is -0.335 e. The summed E-state index contributed by atoms with van der Waals surface area (Å²) in [5.74, 6) is 0.0516. The normalized spacial score (nSPS) is 24.1. The van der Waals surface area contributed by atoms with Crippen LogP contribution in [-0.2, 0) is 13.6 Å². The van der Waals surface area contributed by atoms with Gasteiger partial charge in [0.25, 0.3) is 5.91 Å². The molecule has 6 nitrogen and oxygen atoms in total. The molecule has 2 fully saturated rings. The molecule has 0 bridgehead atoms. The van der Waals surface area contributed by atoms with Crippen molar-refractivity contribution in [3.05, 3.63) is 48.0 Å². The Balaban J connectivity index is 1.44. The fourth-order valence-electron chi connectivity index (χ4n) is 3.75. The molecule has 0 saturated carbocycles. The number of nitrogens with zero attached hydrogens (tertiary/aromatic N) is 5. The molecule has 4 rings (SSSR count). The highest BCUT2D eigenvalue weighted by molar-refractivity contribution is 5.92. The molecule has 1 atom stereocenters. The first kappa shape index (κ1) is 14.4. The molecule has 2 saturated heterocycles. The number of carbonyl (C=O) groups excluding carboxylic acids is 1. The van der Waals surface area contributed by atoms with Gasteiger partial charge in [0, 0.05) is 56.7 Å². The van der Waals surface area contributed by atoms with E-state index in [9.17, 15) is 4.79 Å². The van der Waals surface area contributed by atoms with Crippen molar-refractivity contribution < 1.29 is 4.79 Å². The largest absolute Gasteiger partial charge is 0.335 e. The number of likely N-dealkylation sites (tertiary alicyclic amines) is 2. The monoisotopic (exact) mass is 311 g/mol. The third-order valence-electron chi connectivity index (χ3n) is 5.15. The van der Waals surface area contributed by atoms with Crippen LogP contribution in [-0.4, -0.2) is 55.6 Å². The van der Waals surface area contributed by atoms with Gasteiger partial charge in [0.05, 0.1) is 6.20 Å². The Hall–Kier alpha value is -2.21. The molecule has 2 aliphatic rings. The van der Waals surface area contributed by atoms with E-state index in [0.717, 1.165) is 32.6 Å². The number of carbonyl (C=O) groups is 1. The molecule has 6 heteroatoms. The van der Waals surface area contributed by atoms with Gasteiger partial charge >= 0.3 is 0 Å². The van der Waals surface area contributed by atoms with E-state index < -0.39 is 0 Å². The second kappa shape index (κ2) is 5.45. The highest BCUT2D eigenvalue weighted by Gasteiger charge is 2.50. The van der Waals surface area contributed by atoms with Crippen molar-refractivity contribution in [1.29, 1.82) is 0 Å². The Morgan fingerprint density at radius 1 is 1.30 bits per heavy atom. The Kier molecular flexibility index (Phi) is 3.41. The molecular formula is C17H21N5O. The van der Waals surface area contributed by atoms with Gasteiger partial charge in [0.15, 0.2) is 0 Å². The van der Waals surface area contributed by atoms with Gasteiger partial charge < -0.3 is 4.90 Å². The zero-order valence-electron chi connectivity index (χ0n) is 13.4. The number of hydrogen-bond acceptors (Lipinski definition) is 4. The zero-order valence-corrected chi connectivity index (χ0v) is 13.4. The maximum absolute atomic E-state index is 12.6. The van der Waals surface area contributed by atoms with Crippen LogP contribution < -0.4 is 0 Å². The molecule has 2 aromatic rings. The van der Waals surface area contributed by atoms with Gasteiger partial charge in [0.1, 0.15) is 5.69 Å². The van der Waals surface area contributed by atoms with Crippen LogP contribution in [0.3, 0.4) is 0 Å². The van der Waals surface area contributed by atoms with Crippen LogP contribution in [0.5, 0.6) is 0 Å². The predicted octanol–water partition coefficient (Wildman–Crippen LogP) is 1.31. The molecule has 120 valence electrons. The smallest absolute Gasteiger partial charge is 0.272 e. The van der Waals surface area contributed by atoms with E-state index in [1.54, 1.807) is 12.3 Å². The zero-order chi connectivity index (χ0) is 15.9. The number of aryl methyl sites for hydroxylation is 1. The fraction of sp³-hybridized carbons (Fsp3) is 0.471. The number of hydrogen-bond donors (Lipinski definition) is 0. The SMILES string of the molecule is Cn1cc(CN2CCC23CCN(C(=O)c2ccccn2)C3)cn1. The Morgan fingerprint density at radius 2 is 2.17 bits per heavy atom. The van der Waals surface area contributed by atoms with Crippen molar-refractivity contribution in [2.45, 2.75) is 24.9 Å². The molecule has 2 aliphatic heterocycles. The molecule has 0 N–H and O–H groups in total. The molecule has 1 amide bonds. The lowest BCUT2D eigenvalue weighted by molar-refractivity contribution is -0.0131. The van der Waals surface area contributed by atoms with Gasteiger partial charge in [-0.25, -0.2) is 0 Å². The molecule has 1 spiro atoms. The van der Waals surface area contributed by atoms with Gasteiger partial charge in [-0.1, -0.05) is 6.07 Å². The maximum Gasteiger partial charge on any atom is 0.272 e. The van der Waals surface area contributed by atoms with E-state index in [1.165, 1.54) is 12.0 Å². The summed E-state index contributed by atoms with van der Waals surface area (Å²) in [6.45, 7) is 3.64. The van der Waals surface area contributed by atoms with Crippen LogP contribution in [0.2, 0.25) is 0 Å². The molecule has 0 aromatic carbocycles. The molecule has 0 radical (unpaired) electrons. The average Bonchev–Trinajstić information content (AvgIpc) is 3.20. The third-order valence-corrected chi connectivity index (χ3v) is 5.15. The minimum absolute atomic E-state index is 0.0516. The first-order chi connectivity index (χ1) is 11.2. The maximum atomic E-state index is 12.6. The van der Waals surface area contributed by atoms with Crippen molar-refractivity contribution in [2.75, 3.05) is 19.6 Å². The summed E-state index contributed by atoms with van der Waals surface area (Å²) in [7, 11) is 1.94. The first-order valence-corrected chi connectivity index (χ1v) is 8.09. The summed E-state index contributed by atoms with van der Waals surface area (Å²) in [6.07, 6.45) is 7.89. The quantitative estimate of drug-likeness (QED) is 0.857. The lowest BCUT2D eigenvalue weighted by Gasteiger charge is -2.50. The van der Waals surface area contributed by atoms with E-state index in [4.69, 9.17) is 0 Å². The van der Waals surface area contributed by atoms with E-state index >= 15 is 0 Å². The topological polar surface area (TPSA) is 54.3 Å². The second-order valence-corrected chi connectivity index (χ2v) is 6.61. The van der Waals surface area contributed by atoms with Gasteiger partial charge in [-0.15, -0.1) is 0 Å². The minimum atomic E-state index is 0.0516. The van der Waals surface area contributed by atoms with E-state index in [0.29, 0.717) is 5.69 Å². The standard InChI is InChI=1S/C17H21N5O/c1-20-11-14(10-19-20)12-22-9-6-17(22)5-8-21(13-17)16(23)15-4-2-3-7-18-15/h2-4,7,10-11H,5-6,8-9,12-13H2,1H3. The number of rotatable bonds is 3. The second-order valence-electron chi connectivity index (χ2n) is 6.61. The van der Waals surface area contributed by atoms with E-state index in [1.807, 2.05) is 35.0 Å². The van der Waals surface area contributed by atoms with Crippen molar-refractivity contribution in [2.24, 2.45) is 7.05 Å². The molecule has 0 aliphatic carbocycles. The highest BCUT2D eigenvalue weighted by atomic mass is 16.2. The first-order valence-electron chi connectivity index (χ1n) is 8.09. The summed E-state index contributed by atoms with van der Waals surface area (Å²) >= 11 is 0. The average molecular weight is 311 g/mol. The van der Waals surface area contributed by atoms with Crippen LogP contribution >= 0.6 is 0 Å². The van der Waals surface area contributed by atoms with Gasteiger partial charge in [-0.3, -0.25) is 19.4 Å². The van der Waals surface area contributed by atoms with Crippen LogP contribution in [0.4, 0.5) is 0 Å². The van der Waals surface area contributed by atoms with Crippen LogP contribution in [0.1, 0.15) is 28.9 Å². The molecule has 2 aromatic heterocycles. The van der Waals surface area contributed by atoms with Crippen molar-refractivity contribution in [3.63, 3.8) is 0 Å². The Morgan fingerprint density at radius 3 is 2.83 bits per heavy atom. The summed E-state index contributed by atoms with van der Waals surface area (Å²) in [6, 6.07) is 5.50. The van der Waals surface area contributed by atoms with Crippen LogP contribution in [0.15, 0.2) is 36.8 Å². The number of aromatic nitrogens is 3. The fourth-order valence-corrected chi connectivity index (χ4v) is 3.75. The Bertz CT molecular complexity index is 713. The van der Waals surface area contributed by atoms with Gasteiger partial charge in [-0.05, 0) is 25.0 Å². The van der Waals surface area contributed by atoms with E-state index in [-0.39, 0.29) is 11.4 Å². The van der Waals surface area contributed by atoms with Crippen LogP contribution in [0, 0.1) is 0 Å². The predicted molar refractivity (Wildman–Crippen MR) is 85.7 cm³/mol. The molecular weight excluding hydrogens is 290 g/mol. The molecule has 23 heavy (non-hydrogen) atoms. The number of amides is 1. The summed E-state index contributed by atoms with van der Waals surface area (Å²) < 4.78 is 1.84. The third kappa shape index (κ3) is 2.53. The molecule has 1 unspecified atom stereocenters. The van der Waals surface area contributed by atoms with E-state index in [2.05, 4.69) is 21.2 Å². The Labute approximate surface area is 135 Å². The lowest BCUT2D eigenvalue weighted by atomic mass is 9.83. The van der Waals surface area contributed by atoms with Crippen molar-refractivity contribution in [1.82, 2.24) is 24.6 Å². The summed E-state index contributed by atoms with van der Waals surface area (Å²) in [5.41, 5.74) is 1.93. The highest BCUT2D eigenvalue weighted by Crippen LogP contribution is 2.40. The van der Waals surface area contributed by atoms with Gasteiger partial charge in [-0.2, -0.15) is 5.10 Å². The number of pyridine rings is 1. The molecule has 4 heterocycles.